The molecule has 4 heteroatoms. The van der Waals surface area contributed by atoms with E-state index >= 15 is 0 Å². The lowest BCUT2D eigenvalue weighted by molar-refractivity contribution is -0.138. The Morgan fingerprint density at radius 1 is 1.38 bits per heavy atom. The van der Waals surface area contributed by atoms with Gasteiger partial charge in [0.05, 0.1) is 0 Å². The lowest BCUT2D eigenvalue weighted by Gasteiger charge is -2.03. The first kappa shape index (κ1) is 14.6. The van der Waals surface area contributed by atoms with Crippen molar-refractivity contribution in [3.05, 3.63) is 0 Å². The molecule has 1 unspecified atom stereocenters. The minimum absolute atomic E-state index is 0.0718. The Balaban J connectivity index is 0. The van der Waals surface area contributed by atoms with Gasteiger partial charge in [0.1, 0.15) is 11.8 Å². The first-order valence-corrected chi connectivity index (χ1v) is 4.52. The van der Waals surface area contributed by atoms with E-state index in [0.717, 1.165) is 0 Å². The molecule has 0 heterocycles. The maximum Gasteiger partial charge on any atom is 0.320 e. The Bertz CT molecular complexity index is 157. The predicted molar refractivity (Wildman–Crippen MR) is 51.5 cm³/mol. The number of carbonyl (C=O) groups excluding carboxylic acids is 1. The van der Waals surface area contributed by atoms with Gasteiger partial charge in [0, 0.05) is 6.42 Å². The fourth-order valence-electron chi connectivity index (χ4n) is 0.694. The smallest absolute Gasteiger partial charge is 0.320 e. The Morgan fingerprint density at radius 3 is 2.15 bits per heavy atom. The van der Waals surface area contributed by atoms with Crippen LogP contribution in [0.25, 0.3) is 0 Å². The second-order valence-electron chi connectivity index (χ2n) is 2.54. The standard InChI is InChI=1S/C7H13NO3.C2H6/c1-5(9)3-2-4-6(8)7(10)11;1-2/h6H,2-4,8H2,1H3,(H,10,11);1-2H3. The molecule has 0 aliphatic heterocycles. The van der Waals surface area contributed by atoms with Crippen molar-refractivity contribution in [1.82, 2.24) is 0 Å². The number of carboxylic acid groups (broad SMARTS) is 1. The Hall–Kier alpha value is -0.900. The van der Waals surface area contributed by atoms with Gasteiger partial charge in [-0.1, -0.05) is 13.8 Å². The maximum absolute atomic E-state index is 10.4. The van der Waals surface area contributed by atoms with E-state index in [1.807, 2.05) is 13.8 Å². The Labute approximate surface area is 79.1 Å². The predicted octanol–water partition coefficient (Wildman–Crippen LogP) is 1.18. The second kappa shape index (κ2) is 9.19. The topological polar surface area (TPSA) is 80.4 Å². The zero-order valence-electron chi connectivity index (χ0n) is 8.54. The van der Waals surface area contributed by atoms with Crippen LogP contribution in [0.3, 0.4) is 0 Å². The maximum atomic E-state index is 10.4. The van der Waals surface area contributed by atoms with Gasteiger partial charge in [0.2, 0.25) is 0 Å². The van der Waals surface area contributed by atoms with Gasteiger partial charge in [-0.3, -0.25) is 4.79 Å². The second-order valence-corrected chi connectivity index (χ2v) is 2.54. The molecule has 0 rings (SSSR count). The van der Waals surface area contributed by atoms with Gasteiger partial charge in [0.15, 0.2) is 0 Å². The molecule has 0 spiro atoms. The zero-order chi connectivity index (χ0) is 10.9. The van der Waals surface area contributed by atoms with Crippen LogP contribution >= 0.6 is 0 Å². The minimum Gasteiger partial charge on any atom is -0.480 e. The molecule has 1 atom stereocenters. The van der Waals surface area contributed by atoms with E-state index in [2.05, 4.69) is 0 Å². The van der Waals surface area contributed by atoms with Crippen LogP contribution in [0, 0.1) is 0 Å². The van der Waals surface area contributed by atoms with Crippen LogP contribution < -0.4 is 5.73 Å². The third-order valence-corrected chi connectivity index (χ3v) is 1.36. The molecule has 0 aromatic carbocycles. The quantitative estimate of drug-likeness (QED) is 0.680. The van der Waals surface area contributed by atoms with Crippen molar-refractivity contribution in [2.24, 2.45) is 5.73 Å². The molecular formula is C9H19NO3. The minimum atomic E-state index is -1.01. The molecule has 0 bridgehead atoms. The molecule has 0 fully saturated rings. The average molecular weight is 189 g/mol. The Kier molecular flexibility index (Phi) is 10.3. The van der Waals surface area contributed by atoms with Crippen molar-refractivity contribution in [2.75, 3.05) is 0 Å². The van der Waals surface area contributed by atoms with E-state index in [9.17, 15) is 9.59 Å². The summed E-state index contributed by atoms with van der Waals surface area (Å²) in [6.07, 6.45) is 1.35. The van der Waals surface area contributed by atoms with Gasteiger partial charge < -0.3 is 15.6 Å². The van der Waals surface area contributed by atoms with Crippen LogP contribution in [0.2, 0.25) is 0 Å². The fraction of sp³-hybridized carbons (Fsp3) is 0.778. The lowest BCUT2D eigenvalue weighted by atomic mass is 10.1. The van der Waals surface area contributed by atoms with Crippen LogP contribution in [-0.4, -0.2) is 22.9 Å². The molecule has 0 saturated carbocycles. The molecule has 0 aliphatic carbocycles. The molecule has 4 nitrogen and oxygen atoms in total. The highest BCUT2D eigenvalue weighted by Gasteiger charge is 2.10. The summed E-state index contributed by atoms with van der Waals surface area (Å²) in [5.74, 6) is -0.934. The number of Topliss-reactive ketones (excluding diaryl/α,β-unsaturated/α-hetero) is 1. The first-order valence-electron chi connectivity index (χ1n) is 4.52. The Morgan fingerprint density at radius 2 is 1.85 bits per heavy atom. The third kappa shape index (κ3) is 11.1. The molecular weight excluding hydrogens is 170 g/mol. The number of carboxylic acids is 1. The SMILES string of the molecule is CC.CC(=O)CCCC(N)C(=O)O. The molecule has 3 N–H and O–H groups in total. The monoisotopic (exact) mass is 189 g/mol. The summed E-state index contributed by atoms with van der Waals surface area (Å²) < 4.78 is 0. The van der Waals surface area contributed by atoms with E-state index in [4.69, 9.17) is 10.8 Å². The number of hydrogen-bond acceptors (Lipinski definition) is 3. The van der Waals surface area contributed by atoms with Crippen molar-refractivity contribution in [2.45, 2.75) is 46.1 Å². The average Bonchev–Trinajstić information content (AvgIpc) is 2.07. The summed E-state index contributed by atoms with van der Waals surface area (Å²) in [4.78, 5) is 20.6. The molecule has 0 aromatic heterocycles. The van der Waals surface area contributed by atoms with Gasteiger partial charge >= 0.3 is 5.97 Å². The highest BCUT2D eigenvalue weighted by atomic mass is 16.4. The summed E-state index contributed by atoms with van der Waals surface area (Å²) in [6.45, 7) is 5.48. The van der Waals surface area contributed by atoms with E-state index < -0.39 is 12.0 Å². The van der Waals surface area contributed by atoms with Crippen molar-refractivity contribution >= 4 is 11.8 Å². The molecule has 78 valence electrons. The van der Waals surface area contributed by atoms with E-state index in [-0.39, 0.29) is 5.78 Å². The van der Waals surface area contributed by atoms with Crippen LogP contribution in [0.5, 0.6) is 0 Å². The number of rotatable bonds is 5. The number of carbonyl (C=O) groups is 2. The first-order chi connectivity index (χ1) is 6.04. The molecule has 13 heavy (non-hydrogen) atoms. The molecule has 0 amide bonds. The number of aliphatic carboxylic acids is 1. The summed E-state index contributed by atoms with van der Waals surface area (Å²) in [5.41, 5.74) is 5.19. The van der Waals surface area contributed by atoms with Crippen LogP contribution in [0.15, 0.2) is 0 Å². The fourth-order valence-corrected chi connectivity index (χ4v) is 0.694. The lowest BCUT2D eigenvalue weighted by Crippen LogP contribution is -2.29. The molecule has 0 aliphatic rings. The summed E-state index contributed by atoms with van der Waals surface area (Å²) in [7, 11) is 0. The van der Waals surface area contributed by atoms with Gasteiger partial charge in [0.25, 0.3) is 0 Å². The van der Waals surface area contributed by atoms with Crippen molar-refractivity contribution in [3.63, 3.8) is 0 Å². The van der Waals surface area contributed by atoms with Crippen LogP contribution in [0.1, 0.15) is 40.0 Å². The van der Waals surface area contributed by atoms with Gasteiger partial charge in [-0.2, -0.15) is 0 Å². The molecule has 0 saturated heterocycles. The van der Waals surface area contributed by atoms with Crippen molar-refractivity contribution < 1.29 is 14.7 Å². The van der Waals surface area contributed by atoms with Crippen molar-refractivity contribution in [3.8, 4) is 0 Å². The highest BCUT2D eigenvalue weighted by Crippen LogP contribution is 1.99. The molecule has 0 radical (unpaired) electrons. The van der Waals surface area contributed by atoms with Gasteiger partial charge in [-0.25, -0.2) is 0 Å². The zero-order valence-corrected chi connectivity index (χ0v) is 8.54. The normalized spacial score (nSPS) is 11.1. The summed E-state index contributed by atoms with van der Waals surface area (Å²) in [5, 5.41) is 8.34. The van der Waals surface area contributed by atoms with Crippen molar-refractivity contribution in [1.29, 1.82) is 0 Å². The van der Waals surface area contributed by atoms with E-state index in [1.54, 1.807) is 0 Å². The van der Waals surface area contributed by atoms with Gasteiger partial charge in [-0.05, 0) is 19.8 Å². The number of hydrogen-bond donors (Lipinski definition) is 2. The van der Waals surface area contributed by atoms with Crippen LogP contribution in [-0.2, 0) is 9.59 Å². The number of ketones is 1. The summed E-state index contributed by atoms with van der Waals surface area (Å²) >= 11 is 0. The molecule has 0 aromatic rings. The number of nitrogens with two attached hydrogens (primary N) is 1. The van der Waals surface area contributed by atoms with E-state index in [0.29, 0.717) is 19.3 Å². The summed E-state index contributed by atoms with van der Waals surface area (Å²) in [6, 6.07) is -0.825. The van der Waals surface area contributed by atoms with Crippen LogP contribution in [0.4, 0.5) is 0 Å². The highest BCUT2D eigenvalue weighted by molar-refractivity contribution is 5.76. The van der Waals surface area contributed by atoms with Gasteiger partial charge in [-0.15, -0.1) is 0 Å². The largest absolute Gasteiger partial charge is 0.480 e. The van der Waals surface area contributed by atoms with E-state index in [1.165, 1.54) is 6.92 Å². The third-order valence-electron chi connectivity index (χ3n) is 1.36.